The maximum absolute atomic E-state index is 12.1. The monoisotopic (exact) mass is 499 g/mol. The number of rotatable bonds is 8. The van der Waals surface area contributed by atoms with Crippen LogP contribution in [0.25, 0.3) is 5.69 Å². The van der Waals surface area contributed by atoms with Gasteiger partial charge in [0.25, 0.3) is 0 Å². The van der Waals surface area contributed by atoms with Gasteiger partial charge in [-0.05, 0) is 30.0 Å². The van der Waals surface area contributed by atoms with Crippen LogP contribution in [0.1, 0.15) is 89.9 Å². The van der Waals surface area contributed by atoms with E-state index in [1.165, 1.54) is 44.7 Å². The molecule has 37 heavy (non-hydrogen) atoms. The van der Waals surface area contributed by atoms with Crippen LogP contribution in [-0.2, 0) is 20.0 Å². The summed E-state index contributed by atoms with van der Waals surface area (Å²) in [5.74, 6) is 1.12. The summed E-state index contributed by atoms with van der Waals surface area (Å²) < 4.78 is 5.74. The third-order valence-corrected chi connectivity index (χ3v) is 7.93. The second kappa shape index (κ2) is 9.95. The molecule has 2 saturated carbocycles. The van der Waals surface area contributed by atoms with E-state index in [4.69, 9.17) is 4.98 Å². The van der Waals surface area contributed by atoms with Gasteiger partial charge in [0.1, 0.15) is 11.4 Å². The molecule has 2 aliphatic rings. The molecule has 3 heterocycles. The highest BCUT2D eigenvalue weighted by Gasteiger charge is 2.46. The molecule has 6 rings (SSSR count). The number of carboxylic acids is 1. The maximum Gasteiger partial charge on any atom is 0.339 e. The smallest absolute Gasteiger partial charge is 0.339 e. The van der Waals surface area contributed by atoms with Crippen molar-refractivity contribution in [2.45, 2.75) is 69.7 Å². The van der Waals surface area contributed by atoms with Gasteiger partial charge in [-0.1, -0.05) is 55.9 Å². The molecular weight excluding hydrogens is 466 g/mol. The maximum atomic E-state index is 12.1. The molecule has 9 nitrogen and oxygen atoms in total. The summed E-state index contributed by atoms with van der Waals surface area (Å²) in [7, 11) is 1.84. The van der Waals surface area contributed by atoms with Crippen molar-refractivity contribution in [2.24, 2.45) is 13.0 Å². The van der Waals surface area contributed by atoms with Crippen LogP contribution < -0.4 is 0 Å². The highest BCUT2D eigenvalue weighted by molar-refractivity contribution is 5.89. The van der Waals surface area contributed by atoms with E-state index in [9.17, 15) is 9.90 Å². The number of aryl methyl sites for hydroxylation is 1. The normalized spacial score (nSPS) is 20.1. The third kappa shape index (κ3) is 4.95. The molecule has 1 N–H and O–H groups in total. The van der Waals surface area contributed by atoms with Crippen molar-refractivity contribution in [3.05, 3.63) is 77.4 Å². The molecule has 1 aromatic carbocycles. The Hall–Kier alpha value is -3.75. The second-order valence-electron chi connectivity index (χ2n) is 10.6. The fourth-order valence-corrected chi connectivity index (χ4v) is 5.93. The van der Waals surface area contributed by atoms with Crippen molar-refractivity contribution in [3.63, 3.8) is 0 Å². The zero-order chi connectivity index (χ0) is 25.4. The number of hydrogen-bond acceptors (Lipinski definition) is 5. The summed E-state index contributed by atoms with van der Waals surface area (Å²) in [6.45, 7) is 0.726. The van der Waals surface area contributed by atoms with Crippen LogP contribution >= 0.6 is 0 Å². The molecule has 4 aromatic rings. The minimum absolute atomic E-state index is 0.0498. The second-order valence-corrected chi connectivity index (χ2v) is 10.6. The van der Waals surface area contributed by atoms with Gasteiger partial charge in [-0.25, -0.2) is 14.5 Å². The number of aromatic nitrogens is 7. The highest BCUT2D eigenvalue weighted by Crippen LogP contribution is 2.55. The van der Waals surface area contributed by atoms with E-state index in [-0.39, 0.29) is 17.4 Å². The molecule has 0 amide bonds. The molecule has 192 valence electrons. The Morgan fingerprint density at radius 2 is 1.97 bits per heavy atom. The first kappa shape index (κ1) is 23.6. The first-order chi connectivity index (χ1) is 18.1. The Morgan fingerprint density at radius 3 is 2.73 bits per heavy atom. The van der Waals surface area contributed by atoms with Crippen LogP contribution in [0.5, 0.6) is 0 Å². The van der Waals surface area contributed by atoms with Crippen molar-refractivity contribution < 1.29 is 9.90 Å². The van der Waals surface area contributed by atoms with E-state index < -0.39 is 5.97 Å². The van der Waals surface area contributed by atoms with Crippen molar-refractivity contribution >= 4 is 5.97 Å². The zero-order valence-electron chi connectivity index (χ0n) is 21.2. The van der Waals surface area contributed by atoms with Crippen LogP contribution in [0.2, 0.25) is 0 Å². The van der Waals surface area contributed by atoms with Gasteiger partial charge in [0.2, 0.25) is 0 Å². The summed E-state index contributed by atoms with van der Waals surface area (Å²) in [6, 6.07) is 8.23. The molecule has 0 bridgehead atoms. The molecule has 0 radical (unpaired) electrons. The molecule has 2 atom stereocenters. The van der Waals surface area contributed by atoms with E-state index in [1.807, 2.05) is 31.6 Å². The lowest BCUT2D eigenvalue weighted by Crippen LogP contribution is -2.11. The van der Waals surface area contributed by atoms with Crippen molar-refractivity contribution in [3.8, 4) is 5.69 Å². The minimum Gasteiger partial charge on any atom is -0.478 e. The summed E-state index contributed by atoms with van der Waals surface area (Å²) in [5, 5.41) is 22.7. The van der Waals surface area contributed by atoms with Crippen molar-refractivity contribution in [2.75, 3.05) is 0 Å². The molecule has 0 spiro atoms. The van der Waals surface area contributed by atoms with E-state index in [0.717, 1.165) is 53.8 Å². The van der Waals surface area contributed by atoms with Crippen LogP contribution in [0.15, 0.2) is 49.1 Å². The Morgan fingerprint density at radius 1 is 1.14 bits per heavy atom. The molecular formula is C28H33N7O2. The SMILES string of the molecule is Cn1cc(C2CC2c2c(C(=O)O)cnn2-c2cccc(Cn3ccnc3CC3CCCCCC3)c2)nn1. The molecule has 0 saturated heterocycles. The summed E-state index contributed by atoms with van der Waals surface area (Å²) in [5.41, 5.74) is 3.89. The number of aromatic carboxylic acids is 1. The quantitative estimate of drug-likeness (QED) is 0.352. The number of benzene rings is 1. The Bertz CT molecular complexity index is 1390. The van der Waals surface area contributed by atoms with Gasteiger partial charge in [0, 0.05) is 50.4 Å². The third-order valence-electron chi connectivity index (χ3n) is 7.93. The standard InChI is InChI=1S/C28H33N7O2/c1-33-18-25(31-32-33)22-15-23(22)27-24(28(36)37)16-30-35(27)21-10-6-9-20(13-21)17-34-12-11-29-26(34)14-19-7-4-2-3-5-8-19/h6,9-13,16,18-19,22-23H,2-5,7-8,14-15,17H2,1H3,(H,36,37). The van der Waals surface area contributed by atoms with Gasteiger partial charge in [0.05, 0.1) is 23.3 Å². The van der Waals surface area contributed by atoms with E-state index in [2.05, 4.69) is 38.3 Å². The van der Waals surface area contributed by atoms with E-state index >= 15 is 0 Å². The lowest BCUT2D eigenvalue weighted by atomic mass is 9.96. The first-order valence-corrected chi connectivity index (χ1v) is 13.3. The molecule has 9 heteroatoms. The molecule has 2 unspecified atom stereocenters. The summed E-state index contributed by atoms with van der Waals surface area (Å²) >= 11 is 0. The lowest BCUT2D eigenvalue weighted by Gasteiger charge is -2.15. The van der Waals surface area contributed by atoms with Crippen molar-refractivity contribution in [1.82, 2.24) is 34.3 Å². The summed E-state index contributed by atoms with van der Waals surface area (Å²) in [4.78, 5) is 16.7. The largest absolute Gasteiger partial charge is 0.478 e. The van der Waals surface area contributed by atoms with Gasteiger partial charge in [-0.2, -0.15) is 5.10 Å². The van der Waals surface area contributed by atoms with Crippen LogP contribution in [0.3, 0.4) is 0 Å². The van der Waals surface area contributed by atoms with Crippen LogP contribution in [0, 0.1) is 5.92 Å². The number of carboxylic acid groups (broad SMARTS) is 1. The average Bonchev–Trinajstić information content (AvgIpc) is 3.17. The van der Waals surface area contributed by atoms with Gasteiger partial charge in [-0.3, -0.25) is 4.68 Å². The van der Waals surface area contributed by atoms with Gasteiger partial charge in [-0.15, -0.1) is 5.10 Å². The molecule has 3 aromatic heterocycles. The highest BCUT2D eigenvalue weighted by atomic mass is 16.4. The number of hydrogen-bond donors (Lipinski definition) is 1. The fraction of sp³-hybridized carbons (Fsp3) is 0.464. The van der Waals surface area contributed by atoms with Gasteiger partial charge in [0.15, 0.2) is 0 Å². The van der Waals surface area contributed by atoms with Crippen LogP contribution in [0.4, 0.5) is 0 Å². The first-order valence-electron chi connectivity index (χ1n) is 13.3. The number of nitrogens with zero attached hydrogens (tertiary/aromatic N) is 7. The predicted molar refractivity (Wildman–Crippen MR) is 138 cm³/mol. The Labute approximate surface area is 216 Å². The Balaban J connectivity index is 1.25. The average molecular weight is 500 g/mol. The Kier molecular flexibility index (Phi) is 6.36. The molecule has 0 aliphatic heterocycles. The van der Waals surface area contributed by atoms with E-state index in [0.29, 0.717) is 0 Å². The lowest BCUT2D eigenvalue weighted by molar-refractivity contribution is 0.0695. The fourth-order valence-electron chi connectivity index (χ4n) is 5.93. The molecule has 2 aliphatic carbocycles. The van der Waals surface area contributed by atoms with Crippen LogP contribution in [-0.4, -0.2) is 45.4 Å². The zero-order valence-corrected chi connectivity index (χ0v) is 21.2. The molecule has 2 fully saturated rings. The van der Waals surface area contributed by atoms with Gasteiger partial charge < -0.3 is 9.67 Å². The minimum atomic E-state index is -0.955. The van der Waals surface area contributed by atoms with Gasteiger partial charge >= 0.3 is 5.97 Å². The van der Waals surface area contributed by atoms with Crippen molar-refractivity contribution in [1.29, 1.82) is 0 Å². The number of imidazole rings is 1. The predicted octanol–water partition coefficient (Wildman–Crippen LogP) is 4.73. The number of carbonyl (C=O) groups is 1. The topological polar surface area (TPSA) is 104 Å². The van der Waals surface area contributed by atoms with E-state index in [1.54, 1.807) is 9.36 Å². The summed E-state index contributed by atoms with van der Waals surface area (Å²) in [6.07, 6.45) is 17.2.